The number of carbonyl (C=O) groups excluding carboxylic acids is 2. The van der Waals surface area contributed by atoms with Crippen LogP contribution in [0.3, 0.4) is 0 Å². The van der Waals surface area contributed by atoms with E-state index in [4.69, 9.17) is 18.9 Å². The molecule has 29 heavy (non-hydrogen) atoms. The van der Waals surface area contributed by atoms with Crippen LogP contribution in [-0.4, -0.2) is 51.3 Å². The van der Waals surface area contributed by atoms with Crippen LogP contribution in [0.1, 0.15) is 30.0 Å². The summed E-state index contributed by atoms with van der Waals surface area (Å²) in [7, 11) is 5.94. The number of carbonyl (C=O) groups is 2. The molecule has 1 saturated heterocycles. The van der Waals surface area contributed by atoms with Crippen LogP contribution in [0.5, 0.6) is 17.2 Å². The predicted octanol–water partition coefficient (Wildman–Crippen LogP) is 2.97. The van der Waals surface area contributed by atoms with Crippen LogP contribution in [0.25, 0.3) is 0 Å². The lowest BCUT2D eigenvalue weighted by molar-refractivity contribution is -0.150. The van der Waals surface area contributed by atoms with Gasteiger partial charge in [-0.25, -0.2) is 4.79 Å². The number of methoxy groups -OCH3 is 4. The fraction of sp³-hybridized carbons (Fsp3) is 0.364. The number of ether oxygens (including phenoxy) is 4. The summed E-state index contributed by atoms with van der Waals surface area (Å²) in [6.07, 6.45) is 0.701. The highest BCUT2D eigenvalue weighted by atomic mass is 16.5. The summed E-state index contributed by atoms with van der Waals surface area (Å²) in [5.74, 6) is 0.878. The molecule has 2 aromatic carbocycles. The molecule has 1 aliphatic heterocycles. The molecule has 0 aliphatic carbocycles. The highest BCUT2D eigenvalue weighted by molar-refractivity contribution is 5.89. The molecule has 1 aliphatic rings. The van der Waals surface area contributed by atoms with Gasteiger partial charge in [0.1, 0.15) is 6.04 Å². The van der Waals surface area contributed by atoms with Crippen molar-refractivity contribution < 1.29 is 28.5 Å². The van der Waals surface area contributed by atoms with E-state index in [1.54, 1.807) is 17.0 Å². The molecule has 0 aromatic heterocycles. The van der Waals surface area contributed by atoms with E-state index in [2.05, 4.69) is 0 Å². The van der Waals surface area contributed by atoms with Gasteiger partial charge in [0.15, 0.2) is 11.5 Å². The number of likely N-dealkylation sites (tertiary alicyclic amines) is 1. The van der Waals surface area contributed by atoms with Gasteiger partial charge < -0.3 is 23.8 Å². The van der Waals surface area contributed by atoms with Gasteiger partial charge in [0.25, 0.3) is 0 Å². The Morgan fingerprint density at radius 3 is 2.10 bits per heavy atom. The number of nitrogens with zero attached hydrogens (tertiary/aromatic N) is 1. The molecule has 0 spiro atoms. The molecule has 7 nitrogen and oxygen atoms in total. The summed E-state index contributed by atoms with van der Waals surface area (Å²) in [5.41, 5.74) is 1.61. The summed E-state index contributed by atoms with van der Waals surface area (Å²) in [6.45, 7) is 0. The summed E-state index contributed by atoms with van der Waals surface area (Å²) < 4.78 is 21.4. The third kappa shape index (κ3) is 3.85. The molecule has 2 aromatic rings. The van der Waals surface area contributed by atoms with Gasteiger partial charge in [0.2, 0.25) is 11.7 Å². The second kappa shape index (κ2) is 8.86. The van der Waals surface area contributed by atoms with Crippen molar-refractivity contribution in [3.05, 3.63) is 53.6 Å². The van der Waals surface area contributed by atoms with Crippen molar-refractivity contribution in [2.75, 3.05) is 28.4 Å². The number of benzene rings is 2. The van der Waals surface area contributed by atoms with Crippen LogP contribution in [-0.2, 0) is 14.3 Å². The van der Waals surface area contributed by atoms with Gasteiger partial charge in [-0.15, -0.1) is 0 Å². The smallest absolute Gasteiger partial charge is 0.328 e. The zero-order valence-corrected chi connectivity index (χ0v) is 17.0. The Kier molecular flexibility index (Phi) is 6.26. The summed E-state index contributed by atoms with van der Waals surface area (Å²) in [5, 5.41) is 0. The van der Waals surface area contributed by atoms with Gasteiger partial charge in [0, 0.05) is 6.42 Å². The molecule has 154 valence electrons. The van der Waals surface area contributed by atoms with Crippen molar-refractivity contribution in [3.8, 4) is 17.2 Å². The zero-order valence-electron chi connectivity index (χ0n) is 17.0. The number of esters is 1. The van der Waals surface area contributed by atoms with Crippen LogP contribution in [0, 0.1) is 0 Å². The normalized spacial score (nSPS) is 17.0. The summed E-state index contributed by atoms with van der Waals surface area (Å²) in [6, 6.07) is 12.0. The Balaban J connectivity index is 2.20. The minimum Gasteiger partial charge on any atom is -0.493 e. The van der Waals surface area contributed by atoms with E-state index < -0.39 is 18.1 Å². The molecule has 1 fully saturated rings. The van der Waals surface area contributed by atoms with Crippen molar-refractivity contribution in [3.63, 3.8) is 0 Å². The summed E-state index contributed by atoms with van der Waals surface area (Å²) in [4.78, 5) is 26.9. The number of hydrogen-bond donors (Lipinski definition) is 0. The molecule has 1 amide bonds. The number of rotatable bonds is 7. The first kappa shape index (κ1) is 20.5. The molecule has 0 radical (unpaired) electrons. The molecule has 1 unspecified atom stereocenters. The Labute approximate surface area is 170 Å². The third-order valence-corrected chi connectivity index (χ3v) is 5.12. The van der Waals surface area contributed by atoms with Crippen LogP contribution in [0.4, 0.5) is 0 Å². The molecular formula is C22H25NO6. The average molecular weight is 399 g/mol. The minimum atomic E-state index is -0.656. The molecule has 0 bridgehead atoms. The molecule has 2 atom stereocenters. The number of amides is 1. The van der Waals surface area contributed by atoms with Gasteiger partial charge in [0.05, 0.1) is 34.5 Å². The predicted molar refractivity (Wildman–Crippen MR) is 106 cm³/mol. The average Bonchev–Trinajstić information content (AvgIpc) is 3.14. The van der Waals surface area contributed by atoms with E-state index in [1.165, 1.54) is 28.4 Å². The molecule has 1 heterocycles. The zero-order chi connectivity index (χ0) is 21.0. The van der Waals surface area contributed by atoms with Gasteiger partial charge in [-0.1, -0.05) is 30.3 Å². The van der Waals surface area contributed by atoms with E-state index in [0.717, 1.165) is 11.1 Å². The van der Waals surface area contributed by atoms with Crippen LogP contribution in [0.2, 0.25) is 0 Å². The van der Waals surface area contributed by atoms with Crippen LogP contribution < -0.4 is 14.2 Å². The van der Waals surface area contributed by atoms with E-state index >= 15 is 0 Å². The first-order valence-electron chi connectivity index (χ1n) is 9.29. The first-order valence-corrected chi connectivity index (χ1v) is 9.29. The van der Waals surface area contributed by atoms with Crippen molar-refractivity contribution >= 4 is 11.9 Å². The monoisotopic (exact) mass is 399 g/mol. The topological polar surface area (TPSA) is 74.3 Å². The highest BCUT2D eigenvalue weighted by Crippen LogP contribution is 2.44. The Hall–Kier alpha value is -3.22. The van der Waals surface area contributed by atoms with E-state index in [-0.39, 0.29) is 12.3 Å². The standard InChI is InChI=1S/C22H25NO6/c1-26-17-12-15(13-18(27-2)21(17)28-3)20(14-8-6-5-7-9-14)23-16(22(25)29-4)10-11-19(23)24/h5-9,12-13,16,20H,10-11H2,1-4H3/t16-,20?/m0/s1. The van der Waals surface area contributed by atoms with Crippen molar-refractivity contribution in [2.45, 2.75) is 24.9 Å². The Morgan fingerprint density at radius 1 is 0.966 bits per heavy atom. The molecule has 3 rings (SSSR count). The molecular weight excluding hydrogens is 374 g/mol. The lowest BCUT2D eigenvalue weighted by Crippen LogP contribution is -2.42. The largest absolute Gasteiger partial charge is 0.493 e. The van der Waals surface area contributed by atoms with Gasteiger partial charge >= 0.3 is 5.97 Å². The van der Waals surface area contributed by atoms with E-state index in [0.29, 0.717) is 23.7 Å². The Bertz CT molecular complexity index is 857. The van der Waals surface area contributed by atoms with Crippen molar-refractivity contribution in [2.24, 2.45) is 0 Å². The molecule has 7 heteroatoms. The first-order chi connectivity index (χ1) is 14.0. The highest BCUT2D eigenvalue weighted by Gasteiger charge is 2.42. The lowest BCUT2D eigenvalue weighted by atomic mass is 9.95. The third-order valence-electron chi connectivity index (χ3n) is 5.12. The fourth-order valence-electron chi connectivity index (χ4n) is 3.80. The maximum absolute atomic E-state index is 12.9. The second-order valence-electron chi connectivity index (χ2n) is 6.65. The van der Waals surface area contributed by atoms with Gasteiger partial charge in [-0.2, -0.15) is 0 Å². The quantitative estimate of drug-likeness (QED) is 0.667. The van der Waals surface area contributed by atoms with Crippen molar-refractivity contribution in [1.82, 2.24) is 4.90 Å². The second-order valence-corrected chi connectivity index (χ2v) is 6.65. The number of hydrogen-bond acceptors (Lipinski definition) is 6. The van der Waals surface area contributed by atoms with E-state index in [1.807, 2.05) is 30.3 Å². The SMILES string of the molecule is COC(=O)[C@@H]1CCC(=O)N1C(c1ccccc1)c1cc(OC)c(OC)c(OC)c1. The van der Waals surface area contributed by atoms with Gasteiger partial charge in [-0.3, -0.25) is 4.79 Å². The van der Waals surface area contributed by atoms with Crippen LogP contribution >= 0.6 is 0 Å². The Morgan fingerprint density at radius 2 is 1.59 bits per heavy atom. The minimum absolute atomic E-state index is 0.108. The van der Waals surface area contributed by atoms with E-state index in [9.17, 15) is 9.59 Å². The van der Waals surface area contributed by atoms with Crippen LogP contribution in [0.15, 0.2) is 42.5 Å². The molecule has 0 saturated carbocycles. The lowest BCUT2D eigenvalue weighted by Gasteiger charge is -2.33. The van der Waals surface area contributed by atoms with Crippen molar-refractivity contribution in [1.29, 1.82) is 0 Å². The maximum atomic E-state index is 12.9. The maximum Gasteiger partial charge on any atom is 0.328 e. The summed E-state index contributed by atoms with van der Waals surface area (Å²) >= 11 is 0. The molecule has 0 N–H and O–H groups in total. The van der Waals surface area contributed by atoms with Gasteiger partial charge in [-0.05, 0) is 29.7 Å². The fourth-order valence-corrected chi connectivity index (χ4v) is 3.80.